The van der Waals surface area contributed by atoms with Gasteiger partial charge in [0.25, 0.3) is 5.91 Å². The van der Waals surface area contributed by atoms with Crippen molar-refractivity contribution in [1.29, 1.82) is 0 Å². The normalized spacial score (nSPS) is 10.2. The average molecular weight is 284 g/mol. The molecule has 2 heterocycles. The number of aryl methyl sites for hydroxylation is 1. The lowest BCUT2D eigenvalue weighted by atomic mass is 10.4. The molecule has 2 aromatic rings. The molecule has 0 aromatic carbocycles. The third-order valence-corrected chi connectivity index (χ3v) is 3.18. The molecule has 0 radical (unpaired) electrons. The standard InChI is InChI=1S/C11H10ClN3O2S/c1-6-3-9(12)14-11(13-6)15-10(16)8-4-7(17-2)5-18-8/h3-5H,1-2H3,(H,13,14,15,16). The zero-order chi connectivity index (χ0) is 13.1. The molecule has 2 aromatic heterocycles. The Morgan fingerprint density at radius 1 is 1.44 bits per heavy atom. The minimum absolute atomic E-state index is 0.192. The van der Waals surface area contributed by atoms with Crippen molar-refractivity contribution in [3.63, 3.8) is 0 Å². The molecule has 0 fully saturated rings. The van der Waals surface area contributed by atoms with E-state index in [9.17, 15) is 4.79 Å². The first-order valence-electron chi connectivity index (χ1n) is 5.03. The highest BCUT2D eigenvalue weighted by Gasteiger charge is 2.11. The third-order valence-electron chi connectivity index (χ3n) is 2.08. The molecule has 1 amide bonds. The zero-order valence-corrected chi connectivity index (χ0v) is 11.3. The van der Waals surface area contributed by atoms with Crippen LogP contribution in [0.25, 0.3) is 0 Å². The predicted molar refractivity (Wildman–Crippen MR) is 70.6 cm³/mol. The van der Waals surface area contributed by atoms with Gasteiger partial charge in [0, 0.05) is 17.1 Å². The SMILES string of the molecule is COc1csc(C(=O)Nc2nc(C)cc(Cl)n2)c1. The Morgan fingerprint density at radius 2 is 2.22 bits per heavy atom. The topological polar surface area (TPSA) is 64.1 Å². The summed E-state index contributed by atoms with van der Waals surface area (Å²) >= 11 is 7.07. The van der Waals surface area contributed by atoms with Gasteiger partial charge in [-0.1, -0.05) is 11.6 Å². The summed E-state index contributed by atoms with van der Waals surface area (Å²) in [6.45, 7) is 1.78. The molecule has 18 heavy (non-hydrogen) atoms. The number of methoxy groups -OCH3 is 1. The average Bonchev–Trinajstić information content (AvgIpc) is 2.75. The van der Waals surface area contributed by atoms with E-state index in [0.717, 1.165) is 0 Å². The van der Waals surface area contributed by atoms with Gasteiger partial charge in [0.1, 0.15) is 10.9 Å². The second-order valence-corrected chi connectivity index (χ2v) is 4.76. The van der Waals surface area contributed by atoms with Crippen LogP contribution < -0.4 is 10.1 Å². The van der Waals surface area contributed by atoms with Gasteiger partial charge in [-0.25, -0.2) is 9.97 Å². The van der Waals surface area contributed by atoms with Crippen LogP contribution in [0.5, 0.6) is 5.75 Å². The summed E-state index contributed by atoms with van der Waals surface area (Å²) in [4.78, 5) is 20.4. The van der Waals surface area contributed by atoms with Gasteiger partial charge in [-0.05, 0) is 13.0 Å². The van der Waals surface area contributed by atoms with Crippen LogP contribution in [0.3, 0.4) is 0 Å². The second-order valence-electron chi connectivity index (χ2n) is 3.46. The van der Waals surface area contributed by atoms with E-state index in [1.54, 1.807) is 31.5 Å². The number of anilines is 1. The molecule has 1 N–H and O–H groups in total. The highest BCUT2D eigenvalue weighted by Crippen LogP contribution is 2.21. The number of hydrogen-bond acceptors (Lipinski definition) is 5. The number of aromatic nitrogens is 2. The lowest BCUT2D eigenvalue weighted by Crippen LogP contribution is -2.13. The third kappa shape index (κ3) is 2.96. The Kier molecular flexibility index (Phi) is 3.78. The van der Waals surface area contributed by atoms with Gasteiger partial charge in [-0.15, -0.1) is 11.3 Å². The Hall–Kier alpha value is -1.66. The highest BCUT2D eigenvalue weighted by atomic mass is 35.5. The molecule has 0 atom stereocenters. The monoisotopic (exact) mass is 283 g/mol. The molecule has 2 rings (SSSR count). The summed E-state index contributed by atoms with van der Waals surface area (Å²) in [5.74, 6) is 0.552. The van der Waals surface area contributed by atoms with Crippen molar-refractivity contribution in [2.24, 2.45) is 0 Å². The Balaban J connectivity index is 2.15. The molecule has 5 nitrogen and oxygen atoms in total. The van der Waals surface area contributed by atoms with Crippen LogP contribution in [-0.2, 0) is 0 Å². The van der Waals surface area contributed by atoms with Crippen molar-refractivity contribution in [3.05, 3.63) is 33.2 Å². The van der Waals surface area contributed by atoms with E-state index < -0.39 is 0 Å². The summed E-state index contributed by atoms with van der Waals surface area (Å²) in [5.41, 5.74) is 0.689. The van der Waals surface area contributed by atoms with Gasteiger partial charge < -0.3 is 4.74 Å². The van der Waals surface area contributed by atoms with Gasteiger partial charge in [-0.2, -0.15) is 0 Å². The van der Waals surface area contributed by atoms with Crippen LogP contribution >= 0.6 is 22.9 Å². The Labute approximate surface area is 113 Å². The van der Waals surface area contributed by atoms with Gasteiger partial charge >= 0.3 is 0 Å². The fourth-order valence-corrected chi connectivity index (χ4v) is 2.28. The van der Waals surface area contributed by atoms with Gasteiger partial charge in [0.2, 0.25) is 5.95 Å². The highest BCUT2D eigenvalue weighted by molar-refractivity contribution is 7.12. The number of rotatable bonds is 3. The van der Waals surface area contributed by atoms with E-state index in [0.29, 0.717) is 21.5 Å². The molecule has 0 aliphatic carbocycles. The molecule has 0 aliphatic heterocycles. The first-order valence-corrected chi connectivity index (χ1v) is 6.29. The number of nitrogens with one attached hydrogen (secondary N) is 1. The number of carbonyl (C=O) groups is 1. The van der Waals surface area contributed by atoms with Crippen molar-refractivity contribution >= 4 is 34.8 Å². The van der Waals surface area contributed by atoms with Crippen molar-refractivity contribution in [3.8, 4) is 5.75 Å². The summed E-state index contributed by atoms with van der Waals surface area (Å²) in [5, 5.41) is 4.63. The molecule has 0 unspecified atom stereocenters. The Bertz CT molecular complexity index is 565. The number of ether oxygens (including phenoxy) is 1. The van der Waals surface area contributed by atoms with E-state index in [-0.39, 0.29) is 11.9 Å². The molecule has 0 spiro atoms. The number of halogens is 1. The largest absolute Gasteiger partial charge is 0.496 e. The number of nitrogens with zero attached hydrogens (tertiary/aromatic N) is 2. The minimum Gasteiger partial charge on any atom is -0.496 e. The van der Waals surface area contributed by atoms with Crippen molar-refractivity contribution in [2.45, 2.75) is 6.92 Å². The predicted octanol–water partition coefficient (Wildman–Crippen LogP) is 2.76. The number of hydrogen-bond donors (Lipinski definition) is 1. The Morgan fingerprint density at radius 3 is 2.83 bits per heavy atom. The van der Waals surface area contributed by atoms with E-state index in [4.69, 9.17) is 16.3 Å². The quantitative estimate of drug-likeness (QED) is 0.880. The second kappa shape index (κ2) is 5.32. The van der Waals surface area contributed by atoms with Crippen LogP contribution in [0.2, 0.25) is 5.15 Å². The summed E-state index contributed by atoms with van der Waals surface area (Å²) in [6, 6.07) is 3.27. The van der Waals surface area contributed by atoms with Crippen LogP contribution in [0.15, 0.2) is 17.5 Å². The maximum Gasteiger partial charge on any atom is 0.268 e. The smallest absolute Gasteiger partial charge is 0.268 e. The molecule has 7 heteroatoms. The number of carbonyl (C=O) groups excluding carboxylic acids is 1. The number of thiophene rings is 1. The fourth-order valence-electron chi connectivity index (χ4n) is 1.29. The lowest BCUT2D eigenvalue weighted by molar-refractivity contribution is 0.102. The zero-order valence-electron chi connectivity index (χ0n) is 9.73. The molecule has 94 valence electrons. The van der Waals surface area contributed by atoms with Gasteiger partial charge in [0.15, 0.2) is 0 Å². The number of amides is 1. The van der Waals surface area contributed by atoms with E-state index in [1.165, 1.54) is 11.3 Å². The summed E-state index contributed by atoms with van der Waals surface area (Å²) < 4.78 is 5.01. The van der Waals surface area contributed by atoms with Crippen molar-refractivity contribution in [1.82, 2.24) is 9.97 Å². The van der Waals surface area contributed by atoms with Crippen LogP contribution in [0, 0.1) is 6.92 Å². The lowest BCUT2D eigenvalue weighted by Gasteiger charge is -2.03. The summed E-state index contributed by atoms with van der Waals surface area (Å²) in [6.07, 6.45) is 0. The van der Waals surface area contributed by atoms with Crippen molar-refractivity contribution in [2.75, 3.05) is 12.4 Å². The molecule has 0 bridgehead atoms. The molecule has 0 aliphatic rings. The molecular weight excluding hydrogens is 274 g/mol. The first kappa shape index (κ1) is 12.8. The molecular formula is C11H10ClN3O2S. The van der Waals surface area contributed by atoms with Crippen LogP contribution in [0.4, 0.5) is 5.95 Å². The fraction of sp³-hybridized carbons (Fsp3) is 0.182. The molecule has 0 saturated heterocycles. The minimum atomic E-state index is -0.287. The van der Waals surface area contributed by atoms with E-state index in [2.05, 4.69) is 15.3 Å². The van der Waals surface area contributed by atoms with E-state index >= 15 is 0 Å². The summed E-state index contributed by atoms with van der Waals surface area (Å²) in [7, 11) is 1.55. The van der Waals surface area contributed by atoms with Crippen molar-refractivity contribution < 1.29 is 9.53 Å². The van der Waals surface area contributed by atoms with Gasteiger partial charge in [0.05, 0.1) is 12.0 Å². The first-order chi connectivity index (χ1) is 8.58. The maximum absolute atomic E-state index is 11.9. The maximum atomic E-state index is 11.9. The van der Waals surface area contributed by atoms with Crippen LogP contribution in [0.1, 0.15) is 15.4 Å². The van der Waals surface area contributed by atoms with Gasteiger partial charge in [-0.3, -0.25) is 10.1 Å². The van der Waals surface area contributed by atoms with Crippen LogP contribution in [-0.4, -0.2) is 23.0 Å². The van der Waals surface area contributed by atoms with E-state index in [1.807, 2.05) is 0 Å². The molecule has 0 saturated carbocycles.